The molecule has 1 N–H and O–H groups in total. The first-order valence-corrected chi connectivity index (χ1v) is 24.0. The maximum Gasteiger partial charge on any atom is 0.262 e. The fraction of sp³-hybridized carbons (Fsp3) is 0.286. The van der Waals surface area contributed by atoms with Gasteiger partial charge < -0.3 is 43.0 Å². The molecule has 4 amide bonds. The molecule has 2 saturated heterocycles. The van der Waals surface area contributed by atoms with Crippen LogP contribution >= 0.6 is 0 Å². The molecule has 4 aliphatic rings. The maximum absolute atomic E-state index is 14.7. The Kier molecular flexibility index (Phi) is 15.2. The predicted molar refractivity (Wildman–Crippen MR) is 263 cm³/mol. The molecule has 0 bridgehead atoms. The molecule has 18 nitrogen and oxygen atoms in total. The lowest BCUT2D eigenvalue weighted by atomic mass is 9.92. The molecule has 18 heteroatoms. The summed E-state index contributed by atoms with van der Waals surface area (Å²) in [7, 11) is 1.53. The number of fused-ring (bicyclic) bond motifs is 2. The summed E-state index contributed by atoms with van der Waals surface area (Å²) in [5, 5.41) is 16.5. The van der Waals surface area contributed by atoms with E-state index in [4.69, 9.17) is 37.9 Å². The number of imide groups is 2. The highest BCUT2D eigenvalue weighted by atomic mass is 16.7. The summed E-state index contributed by atoms with van der Waals surface area (Å²) >= 11 is 0. The van der Waals surface area contributed by atoms with Crippen LogP contribution in [0.5, 0.6) is 11.5 Å². The van der Waals surface area contributed by atoms with Crippen LogP contribution in [0.1, 0.15) is 58.1 Å². The van der Waals surface area contributed by atoms with Crippen LogP contribution in [0.4, 0.5) is 0 Å². The monoisotopic (exact) mass is 1000 g/mol. The van der Waals surface area contributed by atoms with Gasteiger partial charge in [-0.1, -0.05) is 120 Å². The van der Waals surface area contributed by atoms with E-state index in [0.29, 0.717) is 17.1 Å². The molecule has 10 rings (SSSR count). The van der Waals surface area contributed by atoms with Crippen molar-refractivity contribution in [1.82, 2.24) is 9.80 Å². The highest BCUT2D eigenvalue weighted by molar-refractivity contribution is 6.22. The molecule has 0 saturated carbocycles. The third-order valence-corrected chi connectivity index (χ3v) is 13.4. The van der Waals surface area contributed by atoms with Gasteiger partial charge in [0.1, 0.15) is 66.8 Å². The molecule has 0 aromatic heterocycles. The largest absolute Gasteiger partial charge is 0.497 e. The van der Waals surface area contributed by atoms with Gasteiger partial charge in [-0.2, -0.15) is 0 Å². The van der Waals surface area contributed by atoms with E-state index in [2.05, 4.69) is 10.0 Å². The summed E-state index contributed by atoms with van der Waals surface area (Å²) < 4.78 is 52.1. The lowest BCUT2D eigenvalue weighted by Crippen LogP contribution is -2.70. The second-order valence-corrected chi connectivity index (χ2v) is 17.9. The number of hydrogen-bond donors (Lipinski definition) is 1. The quantitative estimate of drug-likeness (QED) is 0.0365. The van der Waals surface area contributed by atoms with Crippen LogP contribution in [-0.4, -0.2) is 120 Å². The number of nitrogens with zero attached hydrogens (tertiary/aromatic N) is 5. The van der Waals surface area contributed by atoms with E-state index < -0.39 is 84.9 Å². The Balaban J connectivity index is 1.10. The van der Waals surface area contributed by atoms with Gasteiger partial charge in [-0.05, 0) is 70.8 Å². The molecule has 6 aromatic rings. The Morgan fingerprint density at radius 3 is 1.50 bits per heavy atom. The molecular formula is C56H51N5O13. The van der Waals surface area contributed by atoms with Crippen molar-refractivity contribution in [1.29, 1.82) is 0 Å². The topological polar surface area (TPSA) is 218 Å². The van der Waals surface area contributed by atoms with Gasteiger partial charge in [-0.15, -0.1) is 0 Å². The number of aliphatic hydroxyl groups excluding tert-OH is 1. The summed E-state index contributed by atoms with van der Waals surface area (Å²) in [6.45, 7) is -0.596. The van der Waals surface area contributed by atoms with Crippen LogP contribution in [0.25, 0.3) is 10.4 Å². The van der Waals surface area contributed by atoms with Crippen molar-refractivity contribution in [3.63, 3.8) is 0 Å². The predicted octanol–water partition coefficient (Wildman–Crippen LogP) is 7.30. The lowest BCUT2D eigenvalue weighted by molar-refractivity contribution is -0.331. The molecule has 0 unspecified atom stereocenters. The first kappa shape index (κ1) is 49.8. The third-order valence-electron chi connectivity index (χ3n) is 13.4. The molecule has 10 atom stereocenters. The van der Waals surface area contributed by atoms with Gasteiger partial charge in [-0.25, -0.2) is 0 Å². The lowest BCUT2D eigenvalue weighted by Gasteiger charge is -2.51. The van der Waals surface area contributed by atoms with Gasteiger partial charge in [0.25, 0.3) is 23.6 Å². The Labute approximate surface area is 425 Å². The van der Waals surface area contributed by atoms with E-state index in [0.717, 1.165) is 20.9 Å². The molecule has 4 heterocycles. The fourth-order valence-corrected chi connectivity index (χ4v) is 9.80. The smallest absolute Gasteiger partial charge is 0.262 e. The number of aliphatic hydroxyl groups is 1. The van der Waals surface area contributed by atoms with Gasteiger partial charge in [-0.3, -0.25) is 29.0 Å². The zero-order valence-corrected chi connectivity index (χ0v) is 40.0. The Morgan fingerprint density at radius 1 is 0.541 bits per heavy atom. The highest BCUT2D eigenvalue weighted by Gasteiger charge is 2.59. The number of hydrogen-bond acceptors (Lipinski definition) is 14. The average Bonchev–Trinajstić information content (AvgIpc) is 3.84. The number of methoxy groups -OCH3 is 1. The summed E-state index contributed by atoms with van der Waals surface area (Å²) in [4.78, 5) is 63.6. The van der Waals surface area contributed by atoms with Crippen molar-refractivity contribution in [3.8, 4) is 11.5 Å². The number of carbonyl (C=O) groups excluding carboxylic acids is 4. The van der Waals surface area contributed by atoms with E-state index >= 15 is 0 Å². The van der Waals surface area contributed by atoms with Gasteiger partial charge in [0.2, 0.25) is 0 Å². The van der Waals surface area contributed by atoms with Crippen LogP contribution in [0.2, 0.25) is 0 Å². The van der Waals surface area contributed by atoms with Crippen LogP contribution in [-0.2, 0) is 48.2 Å². The van der Waals surface area contributed by atoms with Crippen LogP contribution in [0.15, 0.2) is 169 Å². The van der Waals surface area contributed by atoms with E-state index in [9.17, 15) is 29.8 Å². The first-order valence-electron chi connectivity index (χ1n) is 24.0. The molecule has 2 fully saturated rings. The van der Waals surface area contributed by atoms with Crippen molar-refractivity contribution in [2.45, 2.75) is 81.0 Å². The van der Waals surface area contributed by atoms with Crippen LogP contribution in [0, 0.1) is 0 Å². The second kappa shape index (κ2) is 22.6. The second-order valence-electron chi connectivity index (χ2n) is 17.9. The molecule has 0 radical (unpaired) electrons. The van der Waals surface area contributed by atoms with E-state index in [1.165, 1.54) is 31.4 Å². The van der Waals surface area contributed by atoms with Crippen LogP contribution in [0.3, 0.4) is 0 Å². The summed E-state index contributed by atoms with van der Waals surface area (Å²) in [6.07, 6.45) is -11.6. The van der Waals surface area contributed by atoms with E-state index in [1.807, 2.05) is 91.0 Å². The molecule has 6 aromatic carbocycles. The summed E-state index contributed by atoms with van der Waals surface area (Å²) in [5.41, 5.74) is 12.8. The van der Waals surface area contributed by atoms with E-state index in [-0.39, 0.29) is 55.3 Å². The minimum Gasteiger partial charge on any atom is -0.497 e. The van der Waals surface area contributed by atoms with Crippen molar-refractivity contribution in [3.05, 3.63) is 213 Å². The van der Waals surface area contributed by atoms with Crippen molar-refractivity contribution < 1.29 is 62.2 Å². The maximum atomic E-state index is 14.7. The molecule has 0 aliphatic carbocycles. The highest BCUT2D eigenvalue weighted by Crippen LogP contribution is 2.40. The zero-order valence-electron chi connectivity index (χ0n) is 40.0. The number of ether oxygens (including phenoxy) is 8. The van der Waals surface area contributed by atoms with Gasteiger partial charge >= 0.3 is 0 Å². The van der Waals surface area contributed by atoms with Gasteiger partial charge in [0.05, 0.1) is 55.8 Å². The van der Waals surface area contributed by atoms with Crippen molar-refractivity contribution in [2.24, 2.45) is 5.11 Å². The van der Waals surface area contributed by atoms with Crippen molar-refractivity contribution in [2.75, 3.05) is 20.3 Å². The normalized spacial score (nSPS) is 25.3. The van der Waals surface area contributed by atoms with Crippen molar-refractivity contribution >= 4 is 23.6 Å². The Morgan fingerprint density at radius 2 is 1.00 bits per heavy atom. The number of carbonyl (C=O) groups is 4. The SMILES string of the molecule is COc1ccc(OC[C@H]2O[C@@H](N=[N+]=[N-])[C@H](N3C(=O)c4ccccc4C3=O)[C@@H](OCc3ccccc3)[C@@H]2O[C@@H]2O[C@H](COCc3ccccc3)[C@@H](O)[C@H](OCc3ccccc3)[C@H]2N2C(=O)c3ccccc3C2=O)cc1. The molecular weight excluding hydrogens is 951 g/mol. The molecule has 74 heavy (non-hydrogen) atoms. The fourth-order valence-electron chi connectivity index (χ4n) is 9.80. The van der Waals surface area contributed by atoms with Crippen LogP contribution < -0.4 is 9.47 Å². The molecule has 4 aliphatic heterocycles. The molecule has 0 spiro atoms. The third kappa shape index (κ3) is 10.3. The number of azide groups is 1. The molecule has 378 valence electrons. The van der Waals surface area contributed by atoms with Gasteiger partial charge in [0.15, 0.2) is 12.5 Å². The average molecular weight is 1000 g/mol. The number of amides is 4. The minimum atomic E-state index is -1.69. The summed E-state index contributed by atoms with van der Waals surface area (Å²) in [6, 6.07) is 44.0. The Bertz CT molecular complexity index is 2930. The zero-order chi connectivity index (χ0) is 51.1. The Hall–Kier alpha value is -7.77. The standard InChI is InChI=1S/C56H51N5O13/c1-67-37-25-27-38(28-26-37)69-33-44-48(50(71-31-36-19-9-4-10-20-36)45(51(72-44)58-59-57)60-52(63)39-21-11-12-22-40(39)53(60)64)74-56-46(61-54(65)41-23-13-14-24-42(41)55(61)66)49(70-30-35-17-7-3-8-18-35)47(62)43(73-56)32-68-29-34-15-5-2-6-16-34/h2-28,43-51,56,62H,29-33H2,1H3/t43-,44-,45-,46-,47-,48-,49-,50-,51-,56+/m1/s1. The number of benzene rings is 6. The number of rotatable bonds is 19. The first-order chi connectivity index (χ1) is 36.2. The summed E-state index contributed by atoms with van der Waals surface area (Å²) in [5.74, 6) is -1.86. The van der Waals surface area contributed by atoms with E-state index in [1.54, 1.807) is 48.5 Å². The van der Waals surface area contributed by atoms with Gasteiger partial charge in [0, 0.05) is 4.91 Å². The minimum absolute atomic E-state index is 0.0735.